The van der Waals surface area contributed by atoms with Gasteiger partial charge < -0.3 is 14.6 Å². The normalized spacial score (nSPS) is 29.2. The summed E-state index contributed by atoms with van der Waals surface area (Å²) in [4.78, 5) is 53.9. The molecule has 4 amide bonds. The van der Waals surface area contributed by atoms with E-state index in [0.29, 0.717) is 32.8 Å². The van der Waals surface area contributed by atoms with E-state index in [2.05, 4.69) is 15.9 Å². The number of alkyl halides is 2. The molecule has 2 aliphatic carbocycles. The maximum absolute atomic E-state index is 14.3. The Morgan fingerprint density at radius 1 is 0.898 bits per heavy atom. The third-order valence-electron chi connectivity index (χ3n) is 10.4. The lowest BCUT2D eigenvalue weighted by molar-refractivity contribution is -0.138. The molecule has 9 nitrogen and oxygen atoms in total. The van der Waals surface area contributed by atoms with Gasteiger partial charge in [-0.3, -0.25) is 29.0 Å². The Balaban J connectivity index is 1.23. The average Bonchev–Trinajstić information content (AvgIpc) is 3.43. The number of likely N-dealkylation sites (tertiary alicyclic amines) is 1. The van der Waals surface area contributed by atoms with Crippen LogP contribution < -0.4 is 14.4 Å². The fraction of sp³-hybridized carbons (Fsp3) is 0.297. The molecule has 0 bridgehead atoms. The Labute approximate surface area is 301 Å². The molecule has 6 atom stereocenters. The van der Waals surface area contributed by atoms with Crippen LogP contribution in [0.2, 0.25) is 0 Å². The molecule has 2 aliphatic heterocycles. The molecule has 2 saturated heterocycles. The Hall–Kier alpha value is -4.12. The zero-order valence-corrected chi connectivity index (χ0v) is 29.8. The van der Waals surface area contributed by atoms with E-state index in [1.165, 1.54) is 18.0 Å². The largest absolute Gasteiger partial charge is 0.508 e. The Morgan fingerprint density at radius 3 is 2.33 bits per heavy atom. The van der Waals surface area contributed by atoms with Crippen LogP contribution in [0.1, 0.15) is 35.4 Å². The van der Waals surface area contributed by atoms with E-state index in [1.54, 1.807) is 38.5 Å². The molecule has 3 fully saturated rings. The summed E-state index contributed by atoms with van der Waals surface area (Å²) >= 11 is 17.9. The third kappa shape index (κ3) is 4.86. The Morgan fingerprint density at radius 2 is 1.63 bits per heavy atom. The van der Waals surface area contributed by atoms with Crippen LogP contribution in [-0.2, 0) is 19.2 Å². The number of anilines is 1. The predicted molar refractivity (Wildman–Crippen MR) is 189 cm³/mol. The number of nitrogens with zero attached hydrogens (tertiary/aromatic N) is 2. The zero-order chi connectivity index (χ0) is 35.0. The first-order valence-corrected chi connectivity index (χ1v) is 17.2. The average molecular weight is 766 g/mol. The number of halogens is 3. The molecule has 0 unspecified atom stereocenters. The minimum atomic E-state index is -1.97. The van der Waals surface area contributed by atoms with Gasteiger partial charge >= 0.3 is 0 Å². The van der Waals surface area contributed by atoms with Crippen molar-refractivity contribution in [1.82, 2.24) is 4.90 Å². The van der Waals surface area contributed by atoms with Gasteiger partial charge in [-0.1, -0.05) is 51.9 Å². The second kappa shape index (κ2) is 12.0. The molecule has 0 radical (unpaired) electrons. The summed E-state index contributed by atoms with van der Waals surface area (Å²) in [5.74, 6) is -4.21. The number of aromatic hydroxyl groups is 1. The molecule has 2 heterocycles. The van der Waals surface area contributed by atoms with Crippen molar-refractivity contribution in [2.75, 3.05) is 26.2 Å². The SMILES string of the molecule is COc1ccc(OC)c(C=Cc2ccc(N3C(=O)[C@H]4[C@H](CC=C5[C@H]4C[C@@]4(Cl)C(=O)N(C)C(=O)[C@@]4(Cl)[C@H]5c4cc(Br)ccc4O)C3=O)cc2)c1. The van der Waals surface area contributed by atoms with Crippen LogP contribution in [0.25, 0.3) is 12.2 Å². The van der Waals surface area contributed by atoms with E-state index < -0.39 is 51.1 Å². The molecule has 49 heavy (non-hydrogen) atoms. The number of benzene rings is 3. The molecule has 12 heteroatoms. The van der Waals surface area contributed by atoms with Crippen LogP contribution in [0.5, 0.6) is 17.2 Å². The van der Waals surface area contributed by atoms with Gasteiger partial charge in [0.15, 0.2) is 9.75 Å². The molecule has 7 rings (SSSR count). The molecule has 3 aromatic carbocycles. The van der Waals surface area contributed by atoms with Crippen LogP contribution in [0.15, 0.2) is 76.8 Å². The van der Waals surface area contributed by atoms with E-state index in [0.717, 1.165) is 16.0 Å². The van der Waals surface area contributed by atoms with E-state index >= 15 is 0 Å². The van der Waals surface area contributed by atoms with Crippen molar-refractivity contribution in [3.63, 3.8) is 0 Å². The zero-order valence-electron chi connectivity index (χ0n) is 26.7. The number of carbonyl (C=O) groups is 4. The topological polar surface area (TPSA) is 113 Å². The Bertz CT molecular complexity index is 2000. The van der Waals surface area contributed by atoms with Gasteiger partial charge in [0.05, 0.1) is 31.7 Å². The number of methoxy groups -OCH3 is 2. The number of amides is 4. The van der Waals surface area contributed by atoms with Crippen molar-refractivity contribution >= 4 is 80.6 Å². The first-order valence-electron chi connectivity index (χ1n) is 15.6. The number of hydrogen-bond donors (Lipinski definition) is 1. The number of imide groups is 2. The third-order valence-corrected chi connectivity index (χ3v) is 12.3. The number of phenolic OH excluding ortho intramolecular Hbond substituents is 1. The first kappa shape index (κ1) is 33.4. The highest BCUT2D eigenvalue weighted by atomic mass is 79.9. The van der Waals surface area contributed by atoms with Crippen molar-refractivity contribution in [2.24, 2.45) is 17.8 Å². The summed E-state index contributed by atoms with van der Waals surface area (Å²) in [5.41, 5.74) is 2.96. The van der Waals surface area contributed by atoms with Gasteiger partial charge in [-0.15, -0.1) is 23.2 Å². The van der Waals surface area contributed by atoms with Crippen LogP contribution in [0, 0.1) is 17.8 Å². The lowest BCUT2D eigenvalue weighted by atomic mass is 9.56. The van der Waals surface area contributed by atoms with Crippen molar-refractivity contribution < 1.29 is 33.8 Å². The quantitative estimate of drug-likeness (QED) is 0.131. The number of phenols is 1. The summed E-state index contributed by atoms with van der Waals surface area (Å²) in [6.07, 6.45) is 5.70. The smallest absolute Gasteiger partial charge is 0.253 e. The highest BCUT2D eigenvalue weighted by molar-refractivity contribution is 9.10. The fourth-order valence-corrected chi connectivity index (χ4v) is 9.38. The molecular weight excluding hydrogens is 735 g/mol. The number of fused-ring (bicyclic) bond motifs is 4. The van der Waals surface area contributed by atoms with E-state index in [1.807, 2.05) is 48.6 Å². The van der Waals surface area contributed by atoms with Crippen molar-refractivity contribution in [3.8, 4) is 17.2 Å². The summed E-state index contributed by atoms with van der Waals surface area (Å²) in [6.45, 7) is 0. The number of carbonyl (C=O) groups excluding carboxylic acids is 4. The van der Waals surface area contributed by atoms with Gasteiger partial charge in [0, 0.05) is 28.6 Å². The monoisotopic (exact) mass is 764 g/mol. The van der Waals surface area contributed by atoms with Crippen molar-refractivity contribution in [2.45, 2.75) is 28.5 Å². The summed E-state index contributed by atoms with van der Waals surface area (Å²) in [7, 11) is 4.51. The number of allylic oxidation sites excluding steroid dienone is 2. The van der Waals surface area contributed by atoms with Crippen LogP contribution in [0.3, 0.4) is 0 Å². The molecule has 1 N–H and O–H groups in total. The molecule has 0 spiro atoms. The van der Waals surface area contributed by atoms with Crippen LogP contribution in [0.4, 0.5) is 5.69 Å². The maximum atomic E-state index is 14.3. The molecule has 0 aromatic heterocycles. The van der Waals surface area contributed by atoms with Gasteiger partial charge in [0.1, 0.15) is 17.2 Å². The maximum Gasteiger partial charge on any atom is 0.253 e. The van der Waals surface area contributed by atoms with Crippen molar-refractivity contribution in [3.05, 3.63) is 93.5 Å². The first-order chi connectivity index (χ1) is 23.3. The fourth-order valence-electron chi connectivity index (χ4n) is 7.99. The highest BCUT2D eigenvalue weighted by Gasteiger charge is 2.76. The van der Waals surface area contributed by atoms with Crippen LogP contribution in [-0.4, -0.2) is 64.7 Å². The lowest BCUT2D eigenvalue weighted by Gasteiger charge is -2.50. The van der Waals surface area contributed by atoms with Gasteiger partial charge in [-0.2, -0.15) is 0 Å². The second-order valence-electron chi connectivity index (χ2n) is 12.7. The summed E-state index contributed by atoms with van der Waals surface area (Å²) in [6, 6.07) is 17.3. The van der Waals surface area contributed by atoms with Gasteiger partial charge in [-0.05, 0) is 72.9 Å². The van der Waals surface area contributed by atoms with E-state index in [9.17, 15) is 24.3 Å². The van der Waals surface area contributed by atoms with E-state index in [4.69, 9.17) is 32.7 Å². The Kier molecular flexibility index (Phi) is 8.20. The van der Waals surface area contributed by atoms with E-state index in [-0.39, 0.29) is 24.5 Å². The number of hydrogen-bond acceptors (Lipinski definition) is 7. The minimum absolute atomic E-state index is 0.129. The number of rotatable bonds is 6. The summed E-state index contributed by atoms with van der Waals surface area (Å²) in [5, 5.41) is 11.1. The minimum Gasteiger partial charge on any atom is -0.508 e. The molecular formula is C37H31BrCl2N2O7. The van der Waals surface area contributed by atoms with Gasteiger partial charge in [0.2, 0.25) is 11.8 Å². The standard InChI is InChI=1S/C37H31BrCl2N2O7/c1-41-34(46)36(39)18-27-24(31(37(36,40)35(41)47)26-17-21(38)8-14-28(26)43)12-13-25-30(27)33(45)42(32(25)44)22-9-5-19(6-10-22)4-7-20-16-23(48-2)11-15-29(20)49-3/h4-12,14-17,25,27,30-31,43H,13,18H2,1-3H3/t25-,27+,30-,31+,36+,37-/m0/s1. The van der Waals surface area contributed by atoms with Gasteiger partial charge in [-0.25, -0.2) is 0 Å². The van der Waals surface area contributed by atoms with Gasteiger partial charge in [0.25, 0.3) is 11.8 Å². The lowest BCUT2D eigenvalue weighted by Crippen LogP contribution is -2.60. The molecule has 1 saturated carbocycles. The molecule has 3 aromatic rings. The highest BCUT2D eigenvalue weighted by Crippen LogP contribution is 2.66. The predicted octanol–water partition coefficient (Wildman–Crippen LogP) is 6.54. The molecule has 4 aliphatic rings. The van der Waals surface area contributed by atoms with Crippen LogP contribution >= 0.6 is 39.1 Å². The van der Waals surface area contributed by atoms with Crippen molar-refractivity contribution in [1.29, 1.82) is 0 Å². The second-order valence-corrected chi connectivity index (χ2v) is 14.9. The summed E-state index contributed by atoms with van der Waals surface area (Å²) < 4.78 is 11.4. The molecule has 252 valence electrons. The number of ether oxygens (including phenoxy) is 2.